The molecule has 0 saturated carbocycles. The molecular weight excluding hydrogens is 288 g/mol. The summed E-state index contributed by atoms with van der Waals surface area (Å²) in [4.78, 5) is 19.8. The second-order valence-electron chi connectivity index (χ2n) is 3.10. The number of benzene rings is 1. The first kappa shape index (κ1) is 14.4. The SMILES string of the molecule is O=C(CCl)Nc1ccc(S(=O)(=O)O)c([N+](=O)[O-])c1. The summed E-state index contributed by atoms with van der Waals surface area (Å²) >= 11 is 5.23. The van der Waals surface area contributed by atoms with Crippen molar-refractivity contribution in [1.82, 2.24) is 0 Å². The molecular formula is C8H7ClN2O6S. The topological polar surface area (TPSA) is 127 Å². The molecule has 0 bridgehead atoms. The standard InChI is InChI=1S/C8H7ClN2O6S/c9-4-8(12)10-5-1-2-7(18(15,16)17)6(3-5)11(13)14/h1-3H,4H2,(H,10,12)(H,15,16,17). The van der Waals surface area contributed by atoms with E-state index in [1.165, 1.54) is 0 Å². The van der Waals surface area contributed by atoms with Crippen LogP contribution >= 0.6 is 11.6 Å². The molecule has 0 unspecified atom stereocenters. The summed E-state index contributed by atoms with van der Waals surface area (Å²) in [7, 11) is -4.71. The van der Waals surface area contributed by atoms with E-state index in [2.05, 4.69) is 5.32 Å². The fourth-order valence-corrected chi connectivity index (χ4v) is 1.85. The third-order valence-corrected chi connectivity index (χ3v) is 2.98. The Hall–Kier alpha value is -1.71. The van der Waals surface area contributed by atoms with Gasteiger partial charge in [-0.05, 0) is 12.1 Å². The van der Waals surface area contributed by atoms with Gasteiger partial charge in [0, 0.05) is 11.8 Å². The maximum Gasteiger partial charge on any atom is 0.301 e. The summed E-state index contributed by atoms with van der Waals surface area (Å²) in [6, 6.07) is 2.73. The molecule has 1 rings (SSSR count). The van der Waals surface area contributed by atoms with E-state index in [0.717, 1.165) is 18.2 Å². The smallest absolute Gasteiger partial charge is 0.301 e. The van der Waals surface area contributed by atoms with E-state index in [0.29, 0.717) is 0 Å². The third kappa shape index (κ3) is 3.39. The van der Waals surface area contributed by atoms with Crippen LogP contribution in [-0.2, 0) is 14.9 Å². The van der Waals surface area contributed by atoms with Gasteiger partial charge in [0.2, 0.25) is 5.91 Å². The van der Waals surface area contributed by atoms with E-state index in [-0.39, 0.29) is 11.6 Å². The minimum atomic E-state index is -4.71. The van der Waals surface area contributed by atoms with Crippen LogP contribution in [0.2, 0.25) is 0 Å². The van der Waals surface area contributed by atoms with Crippen molar-refractivity contribution in [3.05, 3.63) is 28.3 Å². The summed E-state index contributed by atoms with van der Waals surface area (Å²) in [5.41, 5.74) is -0.843. The number of nitrogens with one attached hydrogen (secondary N) is 1. The van der Waals surface area contributed by atoms with Crippen molar-refractivity contribution >= 4 is 39.0 Å². The van der Waals surface area contributed by atoms with Crippen LogP contribution in [0.25, 0.3) is 0 Å². The molecule has 0 radical (unpaired) electrons. The van der Waals surface area contributed by atoms with Gasteiger partial charge in [-0.15, -0.1) is 11.6 Å². The van der Waals surface area contributed by atoms with Crippen LogP contribution in [0, 0.1) is 10.1 Å². The summed E-state index contributed by atoms with van der Waals surface area (Å²) in [6.07, 6.45) is 0. The van der Waals surface area contributed by atoms with Crippen LogP contribution in [0.3, 0.4) is 0 Å². The molecule has 0 heterocycles. The minimum Gasteiger partial charge on any atom is -0.325 e. The van der Waals surface area contributed by atoms with Gasteiger partial charge in [0.15, 0.2) is 4.90 Å². The molecule has 0 fully saturated rings. The Morgan fingerprint density at radius 3 is 2.56 bits per heavy atom. The van der Waals surface area contributed by atoms with Crippen LogP contribution in [0.15, 0.2) is 23.1 Å². The largest absolute Gasteiger partial charge is 0.325 e. The maximum absolute atomic E-state index is 11.0. The number of halogens is 1. The van der Waals surface area contributed by atoms with Gasteiger partial charge in [0.05, 0.1) is 4.92 Å². The van der Waals surface area contributed by atoms with E-state index in [1.807, 2.05) is 0 Å². The fourth-order valence-electron chi connectivity index (χ4n) is 1.15. The van der Waals surface area contributed by atoms with Crippen molar-refractivity contribution in [1.29, 1.82) is 0 Å². The molecule has 0 atom stereocenters. The highest BCUT2D eigenvalue weighted by Crippen LogP contribution is 2.26. The summed E-state index contributed by atoms with van der Waals surface area (Å²) < 4.78 is 30.6. The first-order chi connectivity index (χ1) is 8.25. The van der Waals surface area contributed by atoms with Crippen molar-refractivity contribution in [2.24, 2.45) is 0 Å². The van der Waals surface area contributed by atoms with Crippen molar-refractivity contribution in [2.75, 3.05) is 11.2 Å². The number of nitro benzene ring substituents is 1. The number of hydrogen-bond donors (Lipinski definition) is 2. The molecule has 18 heavy (non-hydrogen) atoms. The van der Waals surface area contributed by atoms with E-state index < -0.39 is 31.5 Å². The normalized spacial score (nSPS) is 11.0. The van der Waals surface area contributed by atoms with Gasteiger partial charge in [-0.1, -0.05) is 0 Å². The zero-order valence-corrected chi connectivity index (χ0v) is 10.2. The molecule has 0 aliphatic carbocycles. The zero-order valence-electron chi connectivity index (χ0n) is 8.66. The number of hydrogen-bond acceptors (Lipinski definition) is 5. The highest BCUT2D eigenvalue weighted by Gasteiger charge is 2.24. The predicted octanol–water partition coefficient (Wildman–Crippen LogP) is 1.02. The molecule has 1 aromatic carbocycles. The number of nitro groups is 1. The van der Waals surface area contributed by atoms with Crippen LogP contribution in [0.5, 0.6) is 0 Å². The Bertz CT molecular complexity index is 600. The number of carbonyl (C=O) groups is 1. The molecule has 0 spiro atoms. The number of nitrogens with zero attached hydrogens (tertiary/aromatic N) is 1. The summed E-state index contributed by atoms with van der Waals surface area (Å²) in [5.74, 6) is -0.959. The lowest BCUT2D eigenvalue weighted by molar-refractivity contribution is -0.387. The van der Waals surface area contributed by atoms with Gasteiger partial charge in [0.1, 0.15) is 5.88 Å². The lowest BCUT2D eigenvalue weighted by atomic mass is 10.3. The first-order valence-corrected chi connectivity index (χ1v) is 6.35. The summed E-state index contributed by atoms with van der Waals surface area (Å²) in [6.45, 7) is 0. The molecule has 2 N–H and O–H groups in total. The molecule has 0 aliphatic rings. The van der Waals surface area contributed by atoms with Gasteiger partial charge in [-0.3, -0.25) is 19.5 Å². The Kier molecular flexibility index (Phi) is 4.22. The Balaban J connectivity index is 3.28. The van der Waals surface area contributed by atoms with Gasteiger partial charge in [-0.2, -0.15) is 8.42 Å². The van der Waals surface area contributed by atoms with Crippen molar-refractivity contribution in [3.8, 4) is 0 Å². The highest BCUT2D eigenvalue weighted by atomic mass is 35.5. The van der Waals surface area contributed by atoms with Crippen LogP contribution in [-0.4, -0.2) is 29.7 Å². The number of anilines is 1. The summed E-state index contributed by atoms with van der Waals surface area (Å²) in [5, 5.41) is 12.9. The monoisotopic (exact) mass is 294 g/mol. The Morgan fingerprint density at radius 2 is 2.11 bits per heavy atom. The second-order valence-corrected chi connectivity index (χ2v) is 4.75. The van der Waals surface area contributed by atoms with Gasteiger partial charge < -0.3 is 5.32 Å². The van der Waals surface area contributed by atoms with E-state index in [1.54, 1.807) is 0 Å². The fraction of sp³-hybridized carbons (Fsp3) is 0.125. The van der Waals surface area contributed by atoms with E-state index in [9.17, 15) is 23.3 Å². The van der Waals surface area contributed by atoms with Crippen molar-refractivity contribution in [2.45, 2.75) is 4.90 Å². The molecule has 0 aliphatic heterocycles. The van der Waals surface area contributed by atoms with Crippen LogP contribution in [0.1, 0.15) is 0 Å². The lowest BCUT2D eigenvalue weighted by Crippen LogP contribution is -2.13. The van der Waals surface area contributed by atoms with E-state index in [4.69, 9.17) is 16.2 Å². The Morgan fingerprint density at radius 1 is 1.50 bits per heavy atom. The number of amides is 1. The molecule has 0 saturated heterocycles. The molecule has 1 amide bonds. The van der Waals surface area contributed by atoms with Crippen LogP contribution in [0.4, 0.5) is 11.4 Å². The maximum atomic E-state index is 11.0. The molecule has 10 heteroatoms. The zero-order chi connectivity index (χ0) is 13.9. The van der Waals surface area contributed by atoms with E-state index >= 15 is 0 Å². The predicted molar refractivity (Wildman–Crippen MR) is 62.3 cm³/mol. The van der Waals surface area contributed by atoms with Crippen molar-refractivity contribution in [3.63, 3.8) is 0 Å². The Labute approximate surface area is 106 Å². The average Bonchev–Trinajstić information content (AvgIpc) is 2.27. The quantitative estimate of drug-likeness (QED) is 0.369. The van der Waals surface area contributed by atoms with Crippen molar-refractivity contribution < 1.29 is 22.7 Å². The molecule has 98 valence electrons. The molecule has 8 nitrogen and oxygen atoms in total. The van der Waals surface area contributed by atoms with Gasteiger partial charge in [0.25, 0.3) is 5.69 Å². The van der Waals surface area contributed by atoms with Gasteiger partial charge >= 0.3 is 10.1 Å². The lowest BCUT2D eigenvalue weighted by Gasteiger charge is -2.04. The second kappa shape index (κ2) is 5.29. The third-order valence-electron chi connectivity index (χ3n) is 1.84. The minimum absolute atomic E-state index is 0.000231. The number of carbonyl (C=O) groups excluding carboxylic acids is 1. The molecule has 0 aromatic heterocycles. The number of alkyl halides is 1. The van der Waals surface area contributed by atoms with Crippen LogP contribution < -0.4 is 5.32 Å². The highest BCUT2D eigenvalue weighted by molar-refractivity contribution is 7.86. The number of rotatable bonds is 4. The first-order valence-electron chi connectivity index (χ1n) is 4.37. The average molecular weight is 295 g/mol. The van der Waals surface area contributed by atoms with Gasteiger partial charge in [-0.25, -0.2) is 0 Å². The molecule has 1 aromatic rings.